The van der Waals surface area contributed by atoms with Crippen molar-refractivity contribution in [3.8, 4) is 11.3 Å². The largest absolute Gasteiger partial charge is 0.346 e. The Labute approximate surface area is 215 Å². The van der Waals surface area contributed by atoms with E-state index in [4.69, 9.17) is 10.1 Å². The summed E-state index contributed by atoms with van der Waals surface area (Å²) in [5.41, 5.74) is 5.34. The molecule has 5 rings (SSSR count). The second kappa shape index (κ2) is 9.99. The fourth-order valence-electron chi connectivity index (χ4n) is 4.00. The van der Waals surface area contributed by atoms with Crippen LogP contribution in [0.25, 0.3) is 16.9 Å². The van der Waals surface area contributed by atoms with Crippen LogP contribution >= 0.6 is 11.8 Å². The molecule has 0 atom stereocenters. The summed E-state index contributed by atoms with van der Waals surface area (Å²) in [6.07, 6.45) is 0. The van der Waals surface area contributed by atoms with Crippen molar-refractivity contribution >= 4 is 23.3 Å². The molecule has 2 heterocycles. The normalized spacial score (nSPS) is 11.5. The predicted octanol–water partition coefficient (Wildman–Crippen LogP) is 6.78. The number of hydrogen-bond acceptors (Lipinski definition) is 4. The summed E-state index contributed by atoms with van der Waals surface area (Å²) in [5, 5.41) is 8.81. The van der Waals surface area contributed by atoms with E-state index in [0.717, 1.165) is 32.5 Å². The molecular weight excluding hydrogens is 464 g/mol. The molecule has 0 bridgehead atoms. The van der Waals surface area contributed by atoms with Gasteiger partial charge in [-0.3, -0.25) is 4.79 Å². The van der Waals surface area contributed by atoms with Crippen LogP contribution in [0, 0.1) is 0 Å². The van der Waals surface area contributed by atoms with Gasteiger partial charge in [-0.25, -0.2) is 9.50 Å². The van der Waals surface area contributed by atoms with Crippen LogP contribution < -0.4 is 5.32 Å². The number of benzene rings is 3. The highest BCUT2D eigenvalue weighted by Crippen LogP contribution is 2.30. The van der Waals surface area contributed by atoms with Crippen LogP contribution in [-0.2, 0) is 12.0 Å². The van der Waals surface area contributed by atoms with E-state index in [1.807, 2.05) is 65.2 Å². The first kappa shape index (κ1) is 23.8. The maximum Gasteiger partial charge on any atom is 0.251 e. The lowest BCUT2D eigenvalue weighted by Crippen LogP contribution is -2.24. The molecule has 3 aromatic carbocycles. The highest BCUT2D eigenvalue weighted by molar-refractivity contribution is 7.99. The molecule has 0 saturated carbocycles. The Balaban J connectivity index is 1.53. The van der Waals surface area contributed by atoms with Crippen LogP contribution in [0.15, 0.2) is 107 Å². The van der Waals surface area contributed by atoms with Crippen LogP contribution in [0.3, 0.4) is 0 Å². The van der Waals surface area contributed by atoms with Gasteiger partial charge < -0.3 is 5.32 Å². The molecule has 1 N–H and O–H groups in total. The zero-order valence-electron chi connectivity index (χ0n) is 20.6. The molecule has 0 fully saturated rings. The van der Waals surface area contributed by atoms with Crippen LogP contribution in [-0.4, -0.2) is 20.5 Å². The quantitative estimate of drug-likeness (QED) is 0.284. The molecular formula is C30H28N4OS. The van der Waals surface area contributed by atoms with Gasteiger partial charge in [0.25, 0.3) is 5.91 Å². The summed E-state index contributed by atoms with van der Waals surface area (Å²) in [4.78, 5) is 18.8. The summed E-state index contributed by atoms with van der Waals surface area (Å²) < 4.78 is 1.85. The molecule has 36 heavy (non-hydrogen) atoms. The highest BCUT2D eigenvalue weighted by atomic mass is 32.2. The molecule has 0 saturated heterocycles. The van der Waals surface area contributed by atoms with E-state index in [-0.39, 0.29) is 11.3 Å². The third-order valence-electron chi connectivity index (χ3n) is 5.99. The number of nitrogens with zero attached hydrogens (tertiary/aromatic N) is 3. The number of carbonyl (C=O) groups is 1. The Hall–Kier alpha value is -3.90. The van der Waals surface area contributed by atoms with Gasteiger partial charge in [0.05, 0.1) is 17.9 Å². The molecule has 180 valence electrons. The lowest BCUT2D eigenvalue weighted by molar-refractivity contribution is 0.0950. The monoisotopic (exact) mass is 492 g/mol. The molecule has 0 aliphatic heterocycles. The van der Waals surface area contributed by atoms with Gasteiger partial charge in [0.2, 0.25) is 0 Å². The molecule has 5 aromatic rings. The average molecular weight is 493 g/mol. The minimum absolute atomic E-state index is 0.0645. The Morgan fingerprint density at radius 2 is 1.53 bits per heavy atom. The van der Waals surface area contributed by atoms with Gasteiger partial charge in [-0.15, -0.1) is 0 Å². The first-order chi connectivity index (χ1) is 17.4. The fraction of sp³-hybridized carbons (Fsp3) is 0.167. The van der Waals surface area contributed by atoms with E-state index >= 15 is 0 Å². The van der Waals surface area contributed by atoms with E-state index in [1.165, 1.54) is 5.56 Å². The Bertz CT molecular complexity index is 1490. The van der Waals surface area contributed by atoms with Crippen molar-refractivity contribution in [2.45, 2.75) is 42.7 Å². The maximum absolute atomic E-state index is 12.8. The molecule has 5 nitrogen and oxygen atoms in total. The number of fused-ring (bicyclic) bond motifs is 1. The van der Waals surface area contributed by atoms with Gasteiger partial charge in [-0.1, -0.05) is 93.2 Å². The van der Waals surface area contributed by atoms with Crippen molar-refractivity contribution in [1.29, 1.82) is 0 Å². The smallest absolute Gasteiger partial charge is 0.251 e. The van der Waals surface area contributed by atoms with Crippen LogP contribution in [0.4, 0.5) is 0 Å². The minimum atomic E-state index is -0.130. The number of carbonyl (C=O) groups excluding carboxylic acids is 1. The maximum atomic E-state index is 12.8. The molecule has 0 spiro atoms. The van der Waals surface area contributed by atoms with Crippen molar-refractivity contribution in [3.05, 3.63) is 114 Å². The lowest BCUT2D eigenvalue weighted by atomic mass is 9.86. The van der Waals surface area contributed by atoms with Gasteiger partial charge in [0.15, 0.2) is 5.65 Å². The lowest BCUT2D eigenvalue weighted by Gasteiger charge is -2.19. The standard InChI is InChI=1S/C30H28N4OS/c1-30(2,3)23-16-14-21(15-17-23)28-25(20-31-29(35)22-10-6-4-7-11-22)34-26(32-28)18-19-27(33-34)36-24-12-8-5-9-13-24/h4-19H,20H2,1-3H3,(H,31,35). The van der Waals surface area contributed by atoms with Crippen molar-refractivity contribution < 1.29 is 4.79 Å². The molecule has 0 aliphatic carbocycles. The molecule has 1 amide bonds. The summed E-state index contributed by atoms with van der Waals surface area (Å²) >= 11 is 1.60. The molecule has 2 aromatic heterocycles. The van der Waals surface area contributed by atoms with Crippen molar-refractivity contribution in [2.24, 2.45) is 0 Å². The summed E-state index contributed by atoms with van der Waals surface area (Å²) in [5.74, 6) is -0.130. The molecule has 0 unspecified atom stereocenters. The number of rotatable bonds is 6. The van der Waals surface area contributed by atoms with Crippen molar-refractivity contribution in [2.75, 3.05) is 0 Å². The second-order valence-corrected chi connectivity index (χ2v) is 10.7. The van der Waals surface area contributed by atoms with Crippen LogP contribution in [0.5, 0.6) is 0 Å². The minimum Gasteiger partial charge on any atom is -0.346 e. The average Bonchev–Trinajstić information content (AvgIpc) is 3.25. The first-order valence-electron chi connectivity index (χ1n) is 11.9. The van der Waals surface area contributed by atoms with Crippen LogP contribution in [0.1, 0.15) is 42.4 Å². The Kier molecular flexibility index (Phi) is 6.61. The number of imidazole rings is 1. The third kappa shape index (κ3) is 5.19. The molecule has 6 heteroatoms. The number of aromatic nitrogens is 3. The summed E-state index contributed by atoms with van der Waals surface area (Å²) in [6.45, 7) is 6.91. The van der Waals surface area contributed by atoms with E-state index < -0.39 is 0 Å². The number of nitrogens with one attached hydrogen (secondary N) is 1. The van der Waals surface area contributed by atoms with E-state index in [9.17, 15) is 4.79 Å². The van der Waals surface area contributed by atoms with Gasteiger partial charge in [-0.05, 0) is 47.4 Å². The molecule has 0 radical (unpaired) electrons. The highest BCUT2D eigenvalue weighted by Gasteiger charge is 2.19. The van der Waals surface area contributed by atoms with E-state index in [0.29, 0.717) is 12.1 Å². The molecule has 0 aliphatic rings. The number of hydrogen-bond donors (Lipinski definition) is 1. The van der Waals surface area contributed by atoms with Crippen molar-refractivity contribution in [1.82, 2.24) is 19.9 Å². The van der Waals surface area contributed by atoms with Crippen molar-refractivity contribution in [3.63, 3.8) is 0 Å². The number of amides is 1. The van der Waals surface area contributed by atoms with E-state index in [1.54, 1.807) is 11.8 Å². The van der Waals surface area contributed by atoms with Gasteiger partial charge in [0, 0.05) is 16.0 Å². The summed E-state index contributed by atoms with van der Waals surface area (Å²) in [6, 6.07) is 31.9. The summed E-state index contributed by atoms with van der Waals surface area (Å²) in [7, 11) is 0. The zero-order valence-corrected chi connectivity index (χ0v) is 21.4. The Morgan fingerprint density at radius 3 is 2.19 bits per heavy atom. The second-order valence-electron chi connectivity index (χ2n) is 9.64. The first-order valence-corrected chi connectivity index (χ1v) is 12.8. The SMILES string of the molecule is CC(C)(C)c1ccc(-c2nc3ccc(Sc4ccccc4)nn3c2CNC(=O)c2ccccc2)cc1. The van der Waals surface area contributed by atoms with Gasteiger partial charge in [0.1, 0.15) is 5.03 Å². The fourth-order valence-corrected chi connectivity index (χ4v) is 4.79. The van der Waals surface area contributed by atoms with Gasteiger partial charge >= 0.3 is 0 Å². The van der Waals surface area contributed by atoms with Gasteiger partial charge in [-0.2, -0.15) is 5.10 Å². The topological polar surface area (TPSA) is 59.3 Å². The zero-order chi connectivity index (χ0) is 25.1. The Morgan fingerprint density at radius 1 is 0.861 bits per heavy atom. The third-order valence-corrected chi connectivity index (χ3v) is 6.92. The predicted molar refractivity (Wildman–Crippen MR) is 145 cm³/mol. The van der Waals surface area contributed by atoms with Crippen LogP contribution in [0.2, 0.25) is 0 Å². The van der Waals surface area contributed by atoms with E-state index in [2.05, 4.69) is 62.5 Å².